The van der Waals surface area contributed by atoms with Gasteiger partial charge in [-0.1, -0.05) is 0 Å². The number of amides is 1. The van der Waals surface area contributed by atoms with Crippen molar-refractivity contribution in [2.45, 2.75) is 13.5 Å². The zero-order valence-electron chi connectivity index (χ0n) is 10.6. The molecule has 0 bridgehead atoms. The maximum Gasteiger partial charge on any atom is 0.226 e. The van der Waals surface area contributed by atoms with Crippen LogP contribution >= 0.6 is 0 Å². The van der Waals surface area contributed by atoms with Gasteiger partial charge in [0.1, 0.15) is 6.26 Å². The van der Waals surface area contributed by atoms with Crippen molar-refractivity contribution in [2.24, 2.45) is 0 Å². The first-order valence-corrected chi connectivity index (χ1v) is 5.66. The molecule has 0 atom stereocenters. The monoisotopic (exact) mass is 262 g/mol. The summed E-state index contributed by atoms with van der Waals surface area (Å²) in [4.78, 5) is 15.0. The second-order valence-corrected chi connectivity index (χ2v) is 3.94. The number of hydrogen-bond acceptors (Lipinski definition) is 5. The van der Waals surface area contributed by atoms with Crippen LogP contribution in [0.4, 0.5) is 0 Å². The molecule has 0 saturated carbocycles. The Bertz CT molecular complexity index is 592. The Morgan fingerprint density at radius 3 is 3.00 bits per heavy atom. The van der Waals surface area contributed by atoms with Gasteiger partial charge in [-0.25, -0.2) is 4.98 Å². The van der Waals surface area contributed by atoms with Crippen LogP contribution < -0.4 is 10.1 Å². The molecule has 6 heteroatoms. The van der Waals surface area contributed by atoms with Crippen molar-refractivity contribution in [3.8, 4) is 23.0 Å². The van der Waals surface area contributed by atoms with E-state index in [2.05, 4.69) is 10.3 Å². The van der Waals surface area contributed by atoms with Crippen molar-refractivity contribution in [1.82, 2.24) is 10.3 Å². The van der Waals surface area contributed by atoms with E-state index in [1.165, 1.54) is 26.4 Å². The Labute approximate surface area is 110 Å². The highest BCUT2D eigenvalue weighted by Gasteiger charge is 2.10. The molecule has 0 aliphatic heterocycles. The summed E-state index contributed by atoms with van der Waals surface area (Å²) < 4.78 is 10.3. The Morgan fingerprint density at radius 2 is 2.32 bits per heavy atom. The van der Waals surface area contributed by atoms with Gasteiger partial charge in [0.15, 0.2) is 11.5 Å². The quantitative estimate of drug-likeness (QED) is 0.875. The summed E-state index contributed by atoms with van der Waals surface area (Å²) in [6, 6.07) is 4.81. The molecule has 0 spiro atoms. The van der Waals surface area contributed by atoms with Gasteiger partial charge >= 0.3 is 0 Å². The lowest BCUT2D eigenvalue weighted by molar-refractivity contribution is -0.119. The van der Waals surface area contributed by atoms with Crippen LogP contribution in [0.2, 0.25) is 0 Å². The molecule has 2 aromatic rings. The Hall–Kier alpha value is -2.50. The molecule has 100 valence electrons. The van der Waals surface area contributed by atoms with E-state index in [-0.39, 0.29) is 11.7 Å². The van der Waals surface area contributed by atoms with Crippen LogP contribution in [0.25, 0.3) is 11.5 Å². The molecule has 2 rings (SSSR count). The first-order valence-electron chi connectivity index (χ1n) is 5.66. The van der Waals surface area contributed by atoms with Crippen LogP contribution in [0.3, 0.4) is 0 Å². The third-order valence-electron chi connectivity index (χ3n) is 2.50. The average Bonchev–Trinajstić information content (AvgIpc) is 2.86. The molecule has 0 aliphatic rings. The third-order valence-corrected chi connectivity index (χ3v) is 2.50. The predicted molar refractivity (Wildman–Crippen MR) is 67.7 cm³/mol. The molecule has 1 aromatic carbocycles. The van der Waals surface area contributed by atoms with Gasteiger partial charge in [-0.15, -0.1) is 0 Å². The maximum absolute atomic E-state index is 10.8. The van der Waals surface area contributed by atoms with Crippen molar-refractivity contribution in [2.75, 3.05) is 7.11 Å². The first-order chi connectivity index (χ1) is 9.10. The van der Waals surface area contributed by atoms with E-state index in [1.807, 2.05) is 0 Å². The standard InChI is InChI=1S/C13H14N2O4/c1-8(16)14-6-10-7-19-13(15-10)9-3-4-11(17)12(5-9)18-2/h3-5,7,17H,6H2,1-2H3,(H,14,16). The SMILES string of the molecule is COc1cc(-c2nc(CNC(C)=O)co2)ccc1O. The minimum absolute atomic E-state index is 0.0521. The lowest BCUT2D eigenvalue weighted by atomic mass is 10.2. The Kier molecular flexibility index (Phi) is 3.70. The summed E-state index contributed by atoms with van der Waals surface area (Å²) in [5.74, 6) is 0.671. The van der Waals surface area contributed by atoms with E-state index in [0.717, 1.165) is 0 Å². The summed E-state index contributed by atoms with van der Waals surface area (Å²) in [5.41, 5.74) is 1.31. The normalized spacial score (nSPS) is 10.2. The van der Waals surface area contributed by atoms with Gasteiger partial charge in [0.25, 0.3) is 0 Å². The highest BCUT2D eigenvalue weighted by atomic mass is 16.5. The second kappa shape index (κ2) is 5.43. The molecule has 0 radical (unpaired) electrons. The van der Waals surface area contributed by atoms with Crippen molar-refractivity contribution in [3.63, 3.8) is 0 Å². The number of benzene rings is 1. The van der Waals surface area contributed by atoms with Crippen molar-refractivity contribution in [3.05, 3.63) is 30.2 Å². The number of oxazole rings is 1. The fraction of sp³-hybridized carbons (Fsp3) is 0.231. The number of hydrogen-bond donors (Lipinski definition) is 2. The first kappa shape index (κ1) is 12.9. The van der Waals surface area contributed by atoms with Gasteiger partial charge in [-0.3, -0.25) is 4.79 Å². The van der Waals surface area contributed by atoms with Gasteiger partial charge in [0.05, 0.1) is 19.3 Å². The molecule has 0 fully saturated rings. The zero-order valence-corrected chi connectivity index (χ0v) is 10.6. The van der Waals surface area contributed by atoms with Crippen LogP contribution in [0.5, 0.6) is 11.5 Å². The molecule has 2 N–H and O–H groups in total. The predicted octanol–water partition coefficient (Wildman–Crippen LogP) is 1.69. The van der Waals surface area contributed by atoms with Crippen LogP contribution in [-0.4, -0.2) is 23.1 Å². The number of carbonyl (C=O) groups excluding carboxylic acids is 1. The number of aromatic hydroxyl groups is 1. The van der Waals surface area contributed by atoms with Gasteiger partial charge in [0, 0.05) is 12.5 Å². The summed E-state index contributed by atoms with van der Waals surface area (Å²) in [6.07, 6.45) is 1.48. The zero-order chi connectivity index (χ0) is 13.8. The molecule has 0 saturated heterocycles. The minimum Gasteiger partial charge on any atom is -0.504 e. The minimum atomic E-state index is -0.129. The lowest BCUT2D eigenvalue weighted by Gasteiger charge is -2.03. The van der Waals surface area contributed by atoms with Gasteiger partial charge in [-0.2, -0.15) is 0 Å². The number of ether oxygens (including phenoxy) is 1. The third kappa shape index (κ3) is 3.04. The summed E-state index contributed by atoms with van der Waals surface area (Å²) in [6.45, 7) is 1.75. The number of phenols is 1. The largest absolute Gasteiger partial charge is 0.504 e. The molecule has 0 unspecified atom stereocenters. The van der Waals surface area contributed by atoms with E-state index < -0.39 is 0 Å². The Balaban J connectivity index is 2.20. The number of phenolic OH excluding ortho intramolecular Hbond substituents is 1. The number of aromatic nitrogens is 1. The van der Waals surface area contributed by atoms with E-state index in [4.69, 9.17) is 9.15 Å². The van der Waals surface area contributed by atoms with Crippen molar-refractivity contribution >= 4 is 5.91 Å². The van der Waals surface area contributed by atoms with Crippen LogP contribution in [0, 0.1) is 0 Å². The van der Waals surface area contributed by atoms with E-state index in [9.17, 15) is 9.90 Å². The molecule has 19 heavy (non-hydrogen) atoms. The van der Waals surface area contributed by atoms with Gasteiger partial charge in [0.2, 0.25) is 11.8 Å². The number of carbonyl (C=O) groups is 1. The van der Waals surface area contributed by atoms with E-state index in [1.54, 1.807) is 12.1 Å². The summed E-state index contributed by atoms with van der Waals surface area (Å²) in [5, 5.41) is 12.1. The highest BCUT2D eigenvalue weighted by molar-refractivity contribution is 5.72. The van der Waals surface area contributed by atoms with Crippen molar-refractivity contribution in [1.29, 1.82) is 0 Å². The number of methoxy groups -OCH3 is 1. The number of nitrogens with zero attached hydrogens (tertiary/aromatic N) is 1. The van der Waals surface area contributed by atoms with Crippen LogP contribution in [-0.2, 0) is 11.3 Å². The molecule has 1 aromatic heterocycles. The van der Waals surface area contributed by atoms with Gasteiger partial charge in [-0.05, 0) is 18.2 Å². The fourth-order valence-corrected chi connectivity index (χ4v) is 1.55. The van der Waals surface area contributed by atoms with E-state index in [0.29, 0.717) is 29.4 Å². The van der Waals surface area contributed by atoms with Crippen LogP contribution in [0.1, 0.15) is 12.6 Å². The smallest absolute Gasteiger partial charge is 0.226 e. The Morgan fingerprint density at radius 1 is 1.53 bits per heavy atom. The number of rotatable bonds is 4. The maximum atomic E-state index is 10.8. The lowest BCUT2D eigenvalue weighted by Crippen LogP contribution is -2.18. The number of nitrogens with one attached hydrogen (secondary N) is 1. The molecule has 1 heterocycles. The second-order valence-electron chi connectivity index (χ2n) is 3.94. The molecular formula is C13H14N2O4. The van der Waals surface area contributed by atoms with E-state index >= 15 is 0 Å². The molecule has 1 amide bonds. The highest BCUT2D eigenvalue weighted by Crippen LogP contribution is 2.30. The van der Waals surface area contributed by atoms with Crippen LogP contribution in [0.15, 0.2) is 28.9 Å². The molecular weight excluding hydrogens is 248 g/mol. The topological polar surface area (TPSA) is 84.6 Å². The van der Waals surface area contributed by atoms with Gasteiger partial charge < -0.3 is 19.6 Å². The summed E-state index contributed by atoms with van der Waals surface area (Å²) >= 11 is 0. The fourth-order valence-electron chi connectivity index (χ4n) is 1.55. The molecule has 6 nitrogen and oxygen atoms in total. The van der Waals surface area contributed by atoms with Crippen molar-refractivity contribution < 1.29 is 19.1 Å². The summed E-state index contributed by atoms with van der Waals surface area (Å²) in [7, 11) is 1.47. The average molecular weight is 262 g/mol. The molecule has 0 aliphatic carbocycles.